The van der Waals surface area contributed by atoms with E-state index in [2.05, 4.69) is 22.4 Å². The van der Waals surface area contributed by atoms with Crippen LogP contribution in [0.3, 0.4) is 0 Å². The van der Waals surface area contributed by atoms with Gasteiger partial charge in [0.1, 0.15) is 12.4 Å². The van der Waals surface area contributed by atoms with Crippen molar-refractivity contribution >= 4 is 17.4 Å². The van der Waals surface area contributed by atoms with E-state index < -0.39 is 5.97 Å². The normalized spacial score (nSPS) is 13.1. The molecule has 3 rings (SSSR count). The highest BCUT2D eigenvalue weighted by Gasteiger charge is 2.11. The quantitative estimate of drug-likeness (QED) is 0.194. The van der Waals surface area contributed by atoms with Crippen molar-refractivity contribution in [3.63, 3.8) is 0 Å². The van der Waals surface area contributed by atoms with Crippen LogP contribution in [0, 0.1) is 0 Å². The van der Waals surface area contributed by atoms with E-state index >= 15 is 0 Å². The Morgan fingerprint density at radius 1 is 0.975 bits per heavy atom. The van der Waals surface area contributed by atoms with Gasteiger partial charge >= 0.3 is 5.97 Å². The second-order valence-corrected chi connectivity index (χ2v) is 9.60. The van der Waals surface area contributed by atoms with Crippen LogP contribution in [-0.4, -0.2) is 80.4 Å². The zero-order valence-electron chi connectivity index (χ0n) is 23.4. The summed E-state index contributed by atoms with van der Waals surface area (Å²) in [5.74, 6) is 0.662. The minimum absolute atomic E-state index is 0.0387. The number of ether oxygens (including phenoxy) is 4. The van der Waals surface area contributed by atoms with Crippen LogP contribution in [0.5, 0.6) is 5.88 Å². The smallest absolute Gasteiger partial charge is 0.307 e. The van der Waals surface area contributed by atoms with Gasteiger partial charge in [-0.1, -0.05) is 18.6 Å². The van der Waals surface area contributed by atoms with Crippen molar-refractivity contribution in [1.82, 2.24) is 9.97 Å². The first kappa shape index (κ1) is 31.5. The van der Waals surface area contributed by atoms with E-state index in [1.54, 1.807) is 12.3 Å². The molecule has 10 heteroatoms. The lowest BCUT2D eigenvalue weighted by Crippen LogP contribution is -2.14. The van der Waals surface area contributed by atoms with Gasteiger partial charge in [0.25, 0.3) is 0 Å². The largest absolute Gasteiger partial charge is 0.481 e. The molecular formula is C30H44N4O6. The predicted molar refractivity (Wildman–Crippen MR) is 155 cm³/mol. The fourth-order valence-electron chi connectivity index (χ4n) is 4.35. The Hall–Kier alpha value is -3.05. The fraction of sp³-hybridized carbons (Fsp3) is 0.567. The first-order valence-electron chi connectivity index (χ1n) is 14.3. The zero-order chi connectivity index (χ0) is 28.3. The molecule has 0 radical (unpaired) electrons. The Kier molecular flexibility index (Phi) is 15.0. The van der Waals surface area contributed by atoms with Gasteiger partial charge in [0.05, 0.1) is 46.1 Å². The van der Waals surface area contributed by atoms with Crippen LogP contribution in [0.1, 0.15) is 55.3 Å². The van der Waals surface area contributed by atoms with Crippen molar-refractivity contribution in [2.45, 2.75) is 51.4 Å². The van der Waals surface area contributed by atoms with E-state index in [-0.39, 0.29) is 6.42 Å². The lowest BCUT2D eigenvalue weighted by atomic mass is 10.0. The molecule has 10 nitrogen and oxygen atoms in total. The summed E-state index contributed by atoms with van der Waals surface area (Å²) >= 11 is 0. The number of allylic oxidation sites excluding steroid dienone is 1. The van der Waals surface area contributed by atoms with Gasteiger partial charge in [-0.2, -0.15) is 0 Å². The van der Waals surface area contributed by atoms with Gasteiger partial charge in [-0.05, 0) is 67.4 Å². The zero-order valence-corrected chi connectivity index (χ0v) is 23.4. The molecule has 0 saturated heterocycles. The Labute approximate surface area is 237 Å². The topological polar surface area (TPSA) is 138 Å². The molecule has 0 unspecified atom stereocenters. The number of unbranched alkanes of at least 4 members (excludes halogenated alkanes) is 3. The molecule has 0 spiro atoms. The minimum atomic E-state index is -0.858. The van der Waals surface area contributed by atoms with Crippen LogP contribution in [0.25, 0.3) is 5.57 Å². The highest BCUT2D eigenvalue weighted by Crippen LogP contribution is 2.22. The molecule has 0 fully saturated rings. The molecule has 0 amide bonds. The van der Waals surface area contributed by atoms with Crippen molar-refractivity contribution < 1.29 is 28.8 Å². The number of aliphatic carboxylic acids is 1. The summed E-state index contributed by atoms with van der Waals surface area (Å²) < 4.78 is 21.7. The van der Waals surface area contributed by atoms with Crippen LogP contribution in [0.15, 0.2) is 36.5 Å². The Balaban J connectivity index is 1.32. The van der Waals surface area contributed by atoms with Crippen LogP contribution in [-0.2, 0) is 31.8 Å². The van der Waals surface area contributed by atoms with E-state index in [4.69, 9.17) is 29.7 Å². The van der Waals surface area contributed by atoms with Gasteiger partial charge in [-0.15, -0.1) is 0 Å². The number of nitrogens with two attached hydrogens (primary N) is 1. The maximum Gasteiger partial charge on any atom is 0.307 e. The monoisotopic (exact) mass is 556 g/mol. The van der Waals surface area contributed by atoms with E-state index in [0.29, 0.717) is 58.7 Å². The number of hydrogen-bond donors (Lipinski definition) is 3. The number of nitrogens with one attached hydrogen (secondary N) is 1. The first-order valence-corrected chi connectivity index (χ1v) is 14.3. The predicted octanol–water partition coefficient (Wildman–Crippen LogP) is 3.88. The average Bonchev–Trinajstić information content (AvgIpc) is 2.97. The Bertz CT molecular complexity index is 1030. The number of carboxylic acids is 1. The first-order chi connectivity index (χ1) is 19.7. The number of aryl methyl sites for hydroxylation is 2. The average molecular weight is 557 g/mol. The number of rotatable bonds is 21. The third-order valence-electron chi connectivity index (χ3n) is 6.41. The molecule has 40 heavy (non-hydrogen) atoms. The summed E-state index contributed by atoms with van der Waals surface area (Å²) in [6.07, 6.45) is 10.8. The summed E-state index contributed by atoms with van der Waals surface area (Å²) in [5.41, 5.74) is 9.35. The summed E-state index contributed by atoms with van der Waals surface area (Å²) in [6.45, 7) is 4.82. The van der Waals surface area contributed by atoms with Crippen LogP contribution >= 0.6 is 0 Å². The molecule has 1 aliphatic heterocycles. The molecule has 0 bridgehead atoms. The summed E-state index contributed by atoms with van der Waals surface area (Å²) in [7, 11) is 0. The Morgan fingerprint density at radius 2 is 1.75 bits per heavy atom. The third kappa shape index (κ3) is 12.4. The molecule has 3 heterocycles. The van der Waals surface area contributed by atoms with E-state index in [1.807, 2.05) is 12.1 Å². The number of fused-ring (bicyclic) bond motifs is 1. The number of carboxylic acid groups (broad SMARTS) is 1. The molecule has 0 aromatic carbocycles. The molecule has 0 aliphatic carbocycles. The van der Waals surface area contributed by atoms with Gasteiger partial charge in [-0.3, -0.25) is 4.79 Å². The number of carbonyl (C=O) groups is 1. The number of nitrogens with zero attached hydrogens (tertiary/aromatic N) is 2. The maximum absolute atomic E-state index is 11.4. The van der Waals surface area contributed by atoms with Crippen molar-refractivity contribution in [3.8, 4) is 5.88 Å². The Morgan fingerprint density at radius 3 is 2.48 bits per heavy atom. The van der Waals surface area contributed by atoms with E-state index in [0.717, 1.165) is 67.7 Å². The molecule has 1 aliphatic rings. The van der Waals surface area contributed by atoms with Crippen molar-refractivity contribution in [3.05, 3.63) is 53.4 Å². The van der Waals surface area contributed by atoms with Crippen LogP contribution in [0.2, 0.25) is 0 Å². The highest BCUT2D eigenvalue weighted by molar-refractivity contribution is 5.83. The molecule has 2 aromatic rings. The number of hydrogen-bond acceptors (Lipinski definition) is 9. The highest BCUT2D eigenvalue weighted by atomic mass is 16.6. The molecule has 220 valence electrons. The minimum Gasteiger partial charge on any atom is -0.481 e. The lowest BCUT2D eigenvalue weighted by molar-refractivity contribution is -0.135. The van der Waals surface area contributed by atoms with Crippen molar-refractivity contribution in [1.29, 1.82) is 0 Å². The SMILES string of the molecule is NCCOCCOCCOCCOc1ccc(/C(=C\CCCCCc2ccc3c(n2)NCCC3)CC(=O)O)cn1. The molecule has 0 saturated carbocycles. The molecule has 0 atom stereocenters. The molecular weight excluding hydrogens is 512 g/mol. The van der Waals surface area contributed by atoms with Gasteiger partial charge in [0, 0.05) is 31.0 Å². The second-order valence-electron chi connectivity index (χ2n) is 9.60. The summed E-state index contributed by atoms with van der Waals surface area (Å²) in [6, 6.07) is 7.96. The van der Waals surface area contributed by atoms with Gasteiger partial charge in [-0.25, -0.2) is 9.97 Å². The standard InChI is InChI=1S/C30H44N4O6/c31-13-15-37-16-17-38-18-19-39-20-21-40-28-12-10-26(23-33-28)25(22-29(35)36)6-3-1-2-4-8-27-11-9-24-7-5-14-32-30(24)34-27/h6,9-12,23H,1-5,7-8,13-22,31H2,(H,32,34)(H,35,36)/b25-6-. The molecule has 4 N–H and O–H groups in total. The summed E-state index contributed by atoms with van der Waals surface area (Å²) in [5, 5.41) is 12.8. The van der Waals surface area contributed by atoms with Crippen molar-refractivity contribution in [2.75, 3.05) is 64.7 Å². The van der Waals surface area contributed by atoms with Gasteiger partial charge in [0.15, 0.2) is 0 Å². The van der Waals surface area contributed by atoms with Gasteiger partial charge < -0.3 is 35.1 Å². The second kappa shape index (κ2) is 19.1. The maximum atomic E-state index is 11.4. The molecule has 2 aromatic heterocycles. The van der Waals surface area contributed by atoms with Crippen LogP contribution < -0.4 is 15.8 Å². The van der Waals surface area contributed by atoms with Crippen LogP contribution in [0.4, 0.5) is 5.82 Å². The number of aromatic nitrogens is 2. The van der Waals surface area contributed by atoms with E-state index in [1.165, 1.54) is 12.0 Å². The van der Waals surface area contributed by atoms with Gasteiger partial charge in [0.2, 0.25) is 5.88 Å². The third-order valence-corrected chi connectivity index (χ3v) is 6.41. The number of pyridine rings is 2. The van der Waals surface area contributed by atoms with Crippen molar-refractivity contribution in [2.24, 2.45) is 5.73 Å². The van der Waals surface area contributed by atoms with E-state index in [9.17, 15) is 9.90 Å². The number of anilines is 1. The lowest BCUT2D eigenvalue weighted by Gasteiger charge is -2.17. The summed E-state index contributed by atoms with van der Waals surface area (Å²) in [4.78, 5) is 20.5. The fourth-order valence-corrected chi connectivity index (χ4v) is 4.35.